The van der Waals surface area contributed by atoms with E-state index in [0.29, 0.717) is 13.1 Å². The Hall–Kier alpha value is -0.570. The molecule has 3 heteroatoms. The van der Waals surface area contributed by atoms with Gasteiger partial charge in [0, 0.05) is 19.0 Å². The Bertz CT molecular complexity index is 196. The lowest BCUT2D eigenvalue weighted by molar-refractivity contribution is -0.138. The first-order valence-corrected chi connectivity index (χ1v) is 5.83. The third kappa shape index (κ3) is 5.78. The Labute approximate surface area is 93.5 Å². The summed E-state index contributed by atoms with van der Waals surface area (Å²) in [5.74, 6) is 0.221. The molecule has 0 aliphatic heterocycles. The van der Waals surface area contributed by atoms with Crippen molar-refractivity contribution < 1.29 is 9.90 Å². The van der Waals surface area contributed by atoms with Gasteiger partial charge in [-0.2, -0.15) is 0 Å². The highest BCUT2D eigenvalue weighted by Crippen LogP contribution is 2.12. The maximum atomic E-state index is 12.0. The fraction of sp³-hybridized carbons (Fsp3) is 0.917. The summed E-state index contributed by atoms with van der Waals surface area (Å²) in [4.78, 5) is 13.7. The van der Waals surface area contributed by atoms with Crippen LogP contribution in [0.4, 0.5) is 0 Å². The van der Waals surface area contributed by atoms with E-state index in [9.17, 15) is 9.90 Å². The van der Waals surface area contributed by atoms with Crippen molar-refractivity contribution in [3.05, 3.63) is 0 Å². The Morgan fingerprint density at radius 2 is 1.93 bits per heavy atom. The van der Waals surface area contributed by atoms with Crippen LogP contribution in [0.1, 0.15) is 47.5 Å². The Balaban J connectivity index is 4.34. The van der Waals surface area contributed by atoms with E-state index in [2.05, 4.69) is 6.92 Å². The molecule has 0 aliphatic rings. The maximum Gasteiger partial charge on any atom is 0.225 e. The number of aliphatic hydroxyl groups is 1. The van der Waals surface area contributed by atoms with Crippen LogP contribution < -0.4 is 0 Å². The molecule has 1 N–H and O–H groups in total. The summed E-state index contributed by atoms with van der Waals surface area (Å²) in [7, 11) is 0. The first-order valence-electron chi connectivity index (χ1n) is 5.83. The van der Waals surface area contributed by atoms with E-state index < -0.39 is 5.60 Å². The highest BCUT2D eigenvalue weighted by Gasteiger charge is 2.24. The van der Waals surface area contributed by atoms with Gasteiger partial charge in [-0.05, 0) is 27.2 Å². The summed E-state index contributed by atoms with van der Waals surface area (Å²) in [5, 5.41) is 9.69. The van der Waals surface area contributed by atoms with E-state index in [1.165, 1.54) is 0 Å². The van der Waals surface area contributed by atoms with Crippen LogP contribution in [0.3, 0.4) is 0 Å². The van der Waals surface area contributed by atoms with Gasteiger partial charge in [0.2, 0.25) is 5.91 Å². The van der Waals surface area contributed by atoms with Crippen molar-refractivity contribution in [3.63, 3.8) is 0 Å². The van der Waals surface area contributed by atoms with Gasteiger partial charge in [0.25, 0.3) is 0 Å². The standard InChI is InChI=1S/C12H25NO2/c1-6-8-10(3)11(14)13(7-2)9-12(4,5)15/h10,15H,6-9H2,1-5H3. The molecule has 0 rings (SSSR count). The quantitative estimate of drug-likeness (QED) is 0.736. The molecule has 0 radical (unpaired) electrons. The van der Waals surface area contributed by atoms with Gasteiger partial charge in [-0.15, -0.1) is 0 Å². The summed E-state index contributed by atoms with van der Waals surface area (Å²) in [6.45, 7) is 10.5. The summed E-state index contributed by atoms with van der Waals surface area (Å²) in [6.07, 6.45) is 1.94. The second-order valence-electron chi connectivity index (χ2n) is 4.85. The third-order valence-corrected chi connectivity index (χ3v) is 2.41. The molecule has 0 aliphatic carbocycles. The van der Waals surface area contributed by atoms with Crippen molar-refractivity contribution in [1.29, 1.82) is 0 Å². The summed E-state index contributed by atoms with van der Waals surface area (Å²) < 4.78 is 0. The van der Waals surface area contributed by atoms with Gasteiger partial charge in [0.15, 0.2) is 0 Å². The van der Waals surface area contributed by atoms with Crippen molar-refractivity contribution in [1.82, 2.24) is 4.90 Å². The molecular formula is C12H25NO2. The maximum absolute atomic E-state index is 12.0. The van der Waals surface area contributed by atoms with Crippen LogP contribution >= 0.6 is 0 Å². The highest BCUT2D eigenvalue weighted by molar-refractivity contribution is 5.78. The molecule has 15 heavy (non-hydrogen) atoms. The number of amides is 1. The third-order valence-electron chi connectivity index (χ3n) is 2.41. The topological polar surface area (TPSA) is 40.5 Å². The van der Waals surface area contributed by atoms with Crippen LogP contribution in [0.2, 0.25) is 0 Å². The van der Waals surface area contributed by atoms with Crippen molar-refractivity contribution in [2.75, 3.05) is 13.1 Å². The molecule has 3 nitrogen and oxygen atoms in total. The normalized spacial score (nSPS) is 13.7. The Kier molecular flexibility index (Phi) is 5.88. The van der Waals surface area contributed by atoms with Gasteiger partial charge in [-0.3, -0.25) is 4.79 Å². The SMILES string of the molecule is CCCC(C)C(=O)N(CC)CC(C)(C)O. The van der Waals surface area contributed by atoms with Crippen molar-refractivity contribution in [2.24, 2.45) is 5.92 Å². The van der Waals surface area contributed by atoms with Gasteiger partial charge < -0.3 is 10.0 Å². The molecule has 0 saturated heterocycles. The van der Waals surface area contributed by atoms with Crippen molar-refractivity contribution >= 4 is 5.91 Å². The molecular weight excluding hydrogens is 190 g/mol. The fourth-order valence-electron chi connectivity index (χ4n) is 1.68. The molecule has 0 fully saturated rings. The minimum absolute atomic E-state index is 0.0669. The second kappa shape index (κ2) is 6.11. The molecule has 0 aromatic heterocycles. The number of carbonyl (C=O) groups excluding carboxylic acids is 1. The van der Waals surface area contributed by atoms with Gasteiger partial charge in [0.05, 0.1) is 5.60 Å². The minimum Gasteiger partial charge on any atom is -0.389 e. The lowest BCUT2D eigenvalue weighted by Gasteiger charge is -2.30. The van der Waals surface area contributed by atoms with Crippen LogP contribution in [0.5, 0.6) is 0 Å². The summed E-state index contributed by atoms with van der Waals surface area (Å²) in [5.41, 5.74) is -0.808. The van der Waals surface area contributed by atoms with E-state index in [1.54, 1.807) is 18.7 Å². The monoisotopic (exact) mass is 215 g/mol. The van der Waals surface area contributed by atoms with E-state index in [-0.39, 0.29) is 11.8 Å². The zero-order chi connectivity index (χ0) is 12.1. The van der Waals surface area contributed by atoms with Gasteiger partial charge in [0.1, 0.15) is 0 Å². The molecule has 1 unspecified atom stereocenters. The molecule has 1 atom stereocenters. The predicted molar refractivity (Wildman–Crippen MR) is 62.6 cm³/mol. The zero-order valence-corrected chi connectivity index (χ0v) is 10.7. The number of likely N-dealkylation sites (N-methyl/N-ethyl adjacent to an activating group) is 1. The summed E-state index contributed by atoms with van der Waals surface area (Å²) in [6, 6.07) is 0. The van der Waals surface area contributed by atoms with E-state index >= 15 is 0 Å². The van der Waals surface area contributed by atoms with Gasteiger partial charge >= 0.3 is 0 Å². The predicted octanol–water partition coefficient (Wildman–Crippen LogP) is 2.04. The van der Waals surface area contributed by atoms with Crippen molar-refractivity contribution in [2.45, 2.75) is 53.1 Å². The van der Waals surface area contributed by atoms with E-state index in [1.807, 2.05) is 13.8 Å². The van der Waals surface area contributed by atoms with Crippen LogP contribution in [0, 0.1) is 5.92 Å². The Morgan fingerprint density at radius 1 is 1.40 bits per heavy atom. The van der Waals surface area contributed by atoms with E-state index in [0.717, 1.165) is 12.8 Å². The van der Waals surface area contributed by atoms with Crippen LogP contribution in [0.25, 0.3) is 0 Å². The fourth-order valence-corrected chi connectivity index (χ4v) is 1.68. The Morgan fingerprint density at radius 3 is 2.27 bits per heavy atom. The van der Waals surface area contributed by atoms with Crippen LogP contribution in [0.15, 0.2) is 0 Å². The number of nitrogens with zero attached hydrogens (tertiary/aromatic N) is 1. The highest BCUT2D eigenvalue weighted by atomic mass is 16.3. The molecule has 0 bridgehead atoms. The molecule has 90 valence electrons. The average Bonchev–Trinajstić information content (AvgIpc) is 2.12. The van der Waals surface area contributed by atoms with Crippen LogP contribution in [-0.4, -0.2) is 34.6 Å². The molecule has 0 aromatic rings. The number of carbonyl (C=O) groups is 1. The second-order valence-corrected chi connectivity index (χ2v) is 4.85. The van der Waals surface area contributed by atoms with Crippen molar-refractivity contribution in [3.8, 4) is 0 Å². The lowest BCUT2D eigenvalue weighted by Crippen LogP contribution is -2.44. The molecule has 0 saturated carbocycles. The average molecular weight is 215 g/mol. The minimum atomic E-state index is -0.808. The first-order chi connectivity index (χ1) is 6.81. The van der Waals surface area contributed by atoms with E-state index in [4.69, 9.17) is 0 Å². The molecule has 0 aromatic carbocycles. The zero-order valence-electron chi connectivity index (χ0n) is 10.7. The first kappa shape index (κ1) is 14.4. The number of hydrogen-bond acceptors (Lipinski definition) is 2. The number of rotatable bonds is 6. The van der Waals surface area contributed by atoms with Gasteiger partial charge in [-0.1, -0.05) is 20.3 Å². The lowest BCUT2D eigenvalue weighted by atomic mass is 10.0. The summed E-state index contributed by atoms with van der Waals surface area (Å²) >= 11 is 0. The van der Waals surface area contributed by atoms with Crippen LogP contribution in [-0.2, 0) is 4.79 Å². The molecule has 1 amide bonds. The van der Waals surface area contributed by atoms with Gasteiger partial charge in [-0.25, -0.2) is 0 Å². The smallest absolute Gasteiger partial charge is 0.225 e. The largest absolute Gasteiger partial charge is 0.389 e. The molecule has 0 spiro atoms. The molecule has 0 heterocycles. The number of hydrogen-bond donors (Lipinski definition) is 1.